The average molecular weight is 329 g/mol. The topological polar surface area (TPSA) is 49.4 Å². The van der Waals surface area contributed by atoms with Gasteiger partial charge in [0.05, 0.1) is 6.42 Å². The SMILES string of the molecule is O=C1NCCN(C(=O)Cc2ccc(Cl)cc2)C1c1ccccc1. The Kier molecular flexibility index (Phi) is 4.63. The molecule has 0 saturated carbocycles. The van der Waals surface area contributed by atoms with E-state index in [0.717, 1.165) is 11.1 Å². The minimum absolute atomic E-state index is 0.0592. The Labute approximate surface area is 140 Å². The number of hydrogen-bond acceptors (Lipinski definition) is 2. The van der Waals surface area contributed by atoms with Crippen LogP contribution in [-0.2, 0) is 16.0 Å². The highest BCUT2D eigenvalue weighted by Gasteiger charge is 2.33. The molecule has 1 fully saturated rings. The zero-order valence-electron chi connectivity index (χ0n) is 12.5. The monoisotopic (exact) mass is 328 g/mol. The van der Waals surface area contributed by atoms with Crippen molar-refractivity contribution in [3.8, 4) is 0 Å². The molecule has 1 heterocycles. The van der Waals surface area contributed by atoms with Gasteiger partial charge < -0.3 is 10.2 Å². The number of hydrogen-bond donors (Lipinski definition) is 1. The number of carbonyl (C=O) groups is 2. The molecule has 1 aliphatic heterocycles. The largest absolute Gasteiger partial charge is 0.352 e. The van der Waals surface area contributed by atoms with Crippen molar-refractivity contribution in [1.82, 2.24) is 10.2 Å². The molecule has 1 aliphatic rings. The lowest BCUT2D eigenvalue weighted by atomic mass is 10.0. The van der Waals surface area contributed by atoms with E-state index < -0.39 is 6.04 Å². The van der Waals surface area contributed by atoms with Gasteiger partial charge in [-0.3, -0.25) is 9.59 Å². The molecule has 2 aromatic carbocycles. The van der Waals surface area contributed by atoms with Gasteiger partial charge in [0, 0.05) is 18.1 Å². The normalized spacial score (nSPS) is 17.7. The fraction of sp³-hybridized carbons (Fsp3) is 0.222. The first kappa shape index (κ1) is 15.6. The number of carbonyl (C=O) groups excluding carboxylic acids is 2. The van der Waals surface area contributed by atoms with E-state index in [1.165, 1.54) is 0 Å². The van der Waals surface area contributed by atoms with Crippen LogP contribution in [0.4, 0.5) is 0 Å². The third-order valence-electron chi connectivity index (χ3n) is 3.92. The molecular weight excluding hydrogens is 312 g/mol. The molecule has 0 radical (unpaired) electrons. The second kappa shape index (κ2) is 6.84. The zero-order valence-corrected chi connectivity index (χ0v) is 13.3. The minimum atomic E-state index is -0.565. The lowest BCUT2D eigenvalue weighted by molar-refractivity contribution is -0.143. The molecule has 23 heavy (non-hydrogen) atoms. The van der Waals surface area contributed by atoms with Crippen molar-refractivity contribution in [3.63, 3.8) is 0 Å². The Hall–Kier alpha value is -2.33. The van der Waals surface area contributed by atoms with Crippen molar-refractivity contribution in [1.29, 1.82) is 0 Å². The summed E-state index contributed by atoms with van der Waals surface area (Å²) in [6.07, 6.45) is 0.258. The van der Waals surface area contributed by atoms with Crippen LogP contribution in [0.1, 0.15) is 17.2 Å². The van der Waals surface area contributed by atoms with Crippen LogP contribution < -0.4 is 5.32 Å². The van der Waals surface area contributed by atoms with Crippen molar-refractivity contribution in [3.05, 3.63) is 70.7 Å². The van der Waals surface area contributed by atoms with Crippen LogP contribution in [0.2, 0.25) is 5.02 Å². The minimum Gasteiger partial charge on any atom is -0.352 e. The van der Waals surface area contributed by atoms with E-state index in [0.29, 0.717) is 18.1 Å². The van der Waals surface area contributed by atoms with Gasteiger partial charge in [-0.15, -0.1) is 0 Å². The molecule has 2 aromatic rings. The first-order valence-corrected chi connectivity index (χ1v) is 7.89. The second-order valence-electron chi connectivity index (χ2n) is 5.49. The molecule has 0 bridgehead atoms. The Morgan fingerprint density at radius 1 is 1.13 bits per heavy atom. The summed E-state index contributed by atoms with van der Waals surface area (Å²) in [5, 5.41) is 3.48. The number of nitrogens with one attached hydrogen (secondary N) is 1. The summed E-state index contributed by atoms with van der Waals surface area (Å²) in [5.41, 5.74) is 1.71. The molecule has 3 rings (SSSR count). The average Bonchev–Trinajstić information content (AvgIpc) is 2.57. The van der Waals surface area contributed by atoms with E-state index in [4.69, 9.17) is 11.6 Å². The summed E-state index contributed by atoms with van der Waals surface area (Å²) >= 11 is 5.87. The third kappa shape index (κ3) is 3.54. The van der Waals surface area contributed by atoms with Crippen molar-refractivity contribution < 1.29 is 9.59 Å². The van der Waals surface area contributed by atoms with E-state index in [1.54, 1.807) is 17.0 Å². The number of amides is 2. The Bertz CT molecular complexity index is 701. The summed E-state index contributed by atoms with van der Waals surface area (Å²) < 4.78 is 0. The van der Waals surface area contributed by atoms with Gasteiger partial charge in [-0.1, -0.05) is 54.1 Å². The maximum atomic E-state index is 12.7. The Morgan fingerprint density at radius 3 is 2.52 bits per heavy atom. The Balaban J connectivity index is 1.82. The van der Waals surface area contributed by atoms with Gasteiger partial charge in [-0.25, -0.2) is 0 Å². The Morgan fingerprint density at radius 2 is 1.83 bits per heavy atom. The molecule has 1 atom stereocenters. The van der Waals surface area contributed by atoms with Gasteiger partial charge in [0.2, 0.25) is 11.8 Å². The number of benzene rings is 2. The summed E-state index contributed by atoms with van der Waals surface area (Å²) in [5.74, 6) is -0.192. The molecule has 0 aliphatic carbocycles. The van der Waals surface area contributed by atoms with Crippen LogP contribution in [0.25, 0.3) is 0 Å². The van der Waals surface area contributed by atoms with E-state index in [2.05, 4.69) is 5.32 Å². The number of piperazine rings is 1. The summed E-state index contributed by atoms with van der Waals surface area (Å²) in [6.45, 7) is 0.992. The first-order chi connectivity index (χ1) is 11.1. The number of nitrogens with zero attached hydrogens (tertiary/aromatic N) is 1. The molecule has 2 amide bonds. The highest BCUT2D eigenvalue weighted by molar-refractivity contribution is 6.30. The number of rotatable bonds is 3. The molecule has 4 nitrogen and oxygen atoms in total. The molecule has 0 aromatic heterocycles. The van der Waals surface area contributed by atoms with Crippen LogP contribution in [0.15, 0.2) is 54.6 Å². The molecule has 5 heteroatoms. The van der Waals surface area contributed by atoms with E-state index >= 15 is 0 Å². The highest BCUT2D eigenvalue weighted by atomic mass is 35.5. The van der Waals surface area contributed by atoms with E-state index in [-0.39, 0.29) is 18.2 Å². The van der Waals surface area contributed by atoms with Gasteiger partial charge in [-0.05, 0) is 23.3 Å². The van der Waals surface area contributed by atoms with Crippen molar-refractivity contribution in [2.75, 3.05) is 13.1 Å². The quantitative estimate of drug-likeness (QED) is 0.941. The molecule has 1 saturated heterocycles. The van der Waals surface area contributed by atoms with Gasteiger partial charge in [-0.2, -0.15) is 0 Å². The van der Waals surface area contributed by atoms with Crippen LogP contribution in [0.5, 0.6) is 0 Å². The zero-order chi connectivity index (χ0) is 16.2. The van der Waals surface area contributed by atoms with Crippen LogP contribution in [0.3, 0.4) is 0 Å². The molecular formula is C18H17ClN2O2. The molecule has 0 spiro atoms. The summed E-state index contributed by atoms with van der Waals surface area (Å²) in [4.78, 5) is 26.6. The van der Waals surface area contributed by atoms with Crippen molar-refractivity contribution in [2.45, 2.75) is 12.5 Å². The predicted octanol–water partition coefficient (Wildman–Crippen LogP) is 2.58. The summed E-state index contributed by atoms with van der Waals surface area (Å²) in [7, 11) is 0. The smallest absolute Gasteiger partial charge is 0.247 e. The highest BCUT2D eigenvalue weighted by Crippen LogP contribution is 2.24. The van der Waals surface area contributed by atoms with E-state index in [1.807, 2.05) is 42.5 Å². The summed E-state index contributed by atoms with van der Waals surface area (Å²) in [6, 6.07) is 16.0. The van der Waals surface area contributed by atoms with Crippen LogP contribution in [-0.4, -0.2) is 29.8 Å². The fourth-order valence-electron chi connectivity index (χ4n) is 2.78. The van der Waals surface area contributed by atoms with Gasteiger partial charge >= 0.3 is 0 Å². The molecule has 1 N–H and O–H groups in total. The van der Waals surface area contributed by atoms with Crippen LogP contribution >= 0.6 is 11.6 Å². The second-order valence-corrected chi connectivity index (χ2v) is 5.93. The van der Waals surface area contributed by atoms with Gasteiger partial charge in [0.15, 0.2) is 0 Å². The first-order valence-electron chi connectivity index (χ1n) is 7.52. The number of halogens is 1. The van der Waals surface area contributed by atoms with Crippen molar-refractivity contribution in [2.24, 2.45) is 0 Å². The molecule has 1 unspecified atom stereocenters. The van der Waals surface area contributed by atoms with Gasteiger partial charge in [0.25, 0.3) is 0 Å². The fourth-order valence-corrected chi connectivity index (χ4v) is 2.91. The standard InChI is InChI=1S/C18H17ClN2O2/c19-15-8-6-13(7-9-15)12-16(22)21-11-10-20-18(23)17(21)14-4-2-1-3-5-14/h1-9,17H,10-12H2,(H,20,23). The molecule has 118 valence electrons. The maximum Gasteiger partial charge on any atom is 0.247 e. The van der Waals surface area contributed by atoms with Crippen molar-refractivity contribution >= 4 is 23.4 Å². The van der Waals surface area contributed by atoms with Gasteiger partial charge in [0.1, 0.15) is 6.04 Å². The lowest BCUT2D eigenvalue weighted by Crippen LogP contribution is -2.52. The van der Waals surface area contributed by atoms with E-state index in [9.17, 15) is 9.59 Å². The predicted molar refractivity (Wildman–Crippen MR) is 89.1 cm³/mol. The lowest BCUT2D eigenvalue weighted by Gasteiger charge is -2.35. The van der Waals surface area contributed by atoms with Crippen LogP contribution in [0, 0.1) is 0 Å². The third-order valence-corrected chi connectivity index (χ3v) is 4.17. The maximum absolute atomic E-state index is 12.7.